The van der Waals surface area contributed by atoms with E-state index in [1.54, 1.807) is 12.2 Å². The highest BCUT2D eigenvalue weighted by molar-refractivity contribution is 6.02. The lowest BCUT2D eigenvalue weighted by molar-refractivity contribution is -0.138. The molecule has 1 fully saturated rings. The van der Waals surface area contributed by atoms with E-state index < -0.39 is 0 Å². The van der Waals surface area contributed by atoms with Crippen LogP contribution in [0.15, 0.2) is 24.3 Å². The second kappa shape index (κ2) is 4.60. The van der Waals surface area contributed by atoms with E-state index in [0.717, 1.165) is 6.42 Å². The van der Waals surface area contributed by atoms with Crippen molar-refractivity contribution in [2.45, 2.75) is 19.8 Å². The molecular weight excluding hydrogens is 166 g/mol. The van der Waals surface area contributed by atoms with Crippen LogP contribution in [0, 0.1) is 0 Å². The molecule has 3 heteroatoms. The first-order chi connectivity index (χ1) is 6.25. The van der Waals surface area contributed by atoms with E-state index >= 15 is 0 Å². The van der Waals surface area contributed by atoms with Crippen molar-refractivity contribution in [2.75, 3.05) is 6.54 Å². The van der Waals surface area contributed by atoms with E-state index in [0.29, 0.717) is 13.0 Å². The molecule has 0 radical (unpaired) electrons. The Morgan fingerprint density at radius 1 is 1.46 bits per heavy atom. The molecular formula is C10H13NO2. The van der Waals surface area contributed by atoms with Crippen LogP contribution in [-0.2, 0) is 9.59 Å². The smallest absolute Gasteiger partial charge is 0.253 e. The van der Waals surface area contributed by atoms with Gasteiger partial charge < -0.3 is 0 Å². The van der Waals surface area contributed by atoms with Gasteiger partial charge in [-0.3, -0.25) is 14.5 Å². The maximum atomic E-state index is 11.3. The Kier molecular flexibility index (Phi) is 3.43. The van der Waals surface area contributed by atoms with E-state index in [2.05, 4.69) is 0 Å². The lowest BCUT2D eigenvalue weighted by atomic mass is 10.4. The van der Waals surface area contributed by atoms with Crippen LogP contribution in [0.5, 0.6) is 0 Å². The van der Waals surface area contributed by atoms with Gasteiger partial charge in [-0.15, -0.1) is 0 Å². The molecule has 0 unspecified atom stereocenters. The largest absolute Gasteiger partial charge is 0.279 e. The number of hydrogen-bond donors (Lipinski definition) is 0. The fraction of sp³-hybridized carbons (Fsp3) is 0.400. The van der Waals surface area contributed by atoms with E-state index in [-0.39, 0.29) is 11.8 Å². The minimum absolute atomic E-state index is 0.0601. The highest BCUT2D eigenvalue weighted by atomic mass is 16.2. The Labute approximate surface area is 77.7 Å². The van der Waals surface area contributed by atoms with Gasteiger partial charge in [-0.2, -0.15) is 0 Å². The maximum Gasteiger partial charge on any atom is 0.253 e. The van der Waals surface area contributed by atoms with Gasteiger partial charge >= 0.3 is 0 Å². The molecule has 0 atom stereocenters. The highest BCUT2D eigenvalue weighted by Crippen LogP contribution is 2.09. The fourth-order valence-electron chi connectivity index (χ4n) is 1.22. The van der Waals surface area contributed by atoms with Crippen LogP contribution in [0.1, 0.15) is 19.8 Å². The van der Waals surface area contributed by atoms with Gasteiger partial charge in [-0.25, -0.2) is 0 Å². The molecule has 2 amide bonds. The van der Waals surface area contributed by atoms with Crippen LogP contribution in [0.25, 0.3) is 0 Å². The van der Waals surface area contributed by atoms with Gasteiger partial charge in [0.2, 0.25) is 5.91 Å². The Morgan fingerprint density at radius 2 is 2.23 bits per heavy atom. The van der Waals surface area contributed by atoms with Crippen LogP contribution in [-0.4, -0.2) is 23.3 Å². The van der Waals surface area contributed by atoms with Crippen molar-refractivity contribution in [3.8, 4) is 0 Å². The number of imide groups is 1. The summed E-state index contributed by atoms with van der Waals surface area (Å²) in [5.41, 5.74) is 0. The van der Waals surface area contributed by atoms with Crippen LogP contribution in [0.2, 0.25) is 0 Å². The monoisotopic (exact) mass is 179 g/mol. The molecule has 0 saturated carbocycles. The molecule has 70 valence electrons. The minimum atomic E-state index is -0.208. The number of nitrogens with zero attached hydrogens (tertiary/aromatic N) is 1. The second-order valence-electron chi connectivity index (χ2n) is 2.87. The Morgan fingerprint density at radius 3 is 2.77 bits per heavy atom. The predicted molar refractivity (Wildman–Crippen MR) is 49.9 cm³/mol. The number of amides is 2. The summed E-state index contributed by atoms with van der Waals surface area (Å²) < 4.78 is 0. The van der Waals surface area contributed by atoms with Gasteiger partial charge in [-0.05, 0) is 13.3 Å². The Balaban J connectivity index is 2.52. The molecule has 0 spiro atoms. The summed E-state index contributed by atoms with van der Waals surface area (Å²) in [7, 11) is 0. The average Bonchev–Trinajstić information content (AvgIpc) is 2.52. The van der Waals surface area contributed by atoms with Gasteiger partial charge in [0, 0.05) is 19.0 Å². The van der Waals surface area contributed by atoms with Crippen LogP contribution >= 0.6 is 0 Å². The second-order valence-corrected chi connectivity index (χ2v) is 2.87. The SMILES string of the molecule is C/C=C/C=C/C(=O)N1CCCC1=O. The number of carbonyl (C=O) groups is 2. The molecule has 0 bridgehead atoms. The lowest BCUT2D eigenvalue weighted by Gasteiger charge is -2.09. The van der Waals surface area contributed by atoms with E-state index in [1.807, 2.05) is 13.0 Å². The maximum absolute atomic E-state index is 11.3. The van der Waals surface area contributed by atoms with Gasteiger partial charge in [0.1, 0.15) is 0 Å². The molecule has 0 N–H and O–H groups in total. The normalized spacial score (nSPS) is 17.9. The van der Waals surface area contributed by atoms with Crippen molar-refractivity contribution in [2.24, 2.45) is 0 Å². The number of hydrogen-bond acceptors (Lipinski definition) is 2. The van der Waals surface area contributed by atoms with Crippen LogP contribution in [0.4, 0.5) is 0 Å². The zero-order chi connectivity index (χ0) is 9.68. The minimum Gasteiger partial charge on any atom is -0.279 e. The average molecular weight is 179 g/mol. The molecule has 3 nitrogen and oxygen atoms in total. The quantitative estimate of drug-likeness (QED) is 0.473. The summed E-state index contributed by atoms with van der Waals surface area (Å²) in [6, 6.07) is 0. The fourth-order valence-corrected chi connectivity index (χ4v) is 1.22. The highest BCUT2D eigenvalue weighted by Gasteiger charge is 2.24. The zero-order valence-electron chi connectivity index (χ0n) is 7.69. The summed E-state index contributed by atoms with van der Waals surface area (Å²) in [6.45, 7) is 2.44. The summed E-state index contributed by atoms with van der Waals surface area (Å²) in [4.78, 5) is 23.7. The molecule has 0 aromatic carbocycles. The molecule has 0 aliphatic carbocycles. The first kappa shape index (κ1) is 9.71. The zero-order valence-corrected chi connectivity index (χ0v) is 7.69. The number of rotatable bonds is 2. The number of carbonyl (C=O) groups excluding carboxylic acids is 2. The summed E-state index contributed by atoms with van der Waals surface area (Å²) in [5.74, 6) is -0.268. The third-order valence-electron chi connectivity index (χ3n) is 1.88. The first-order valence-electron chi connectivity index (χ1n) is 4.39. The molecule has 0 aromatic rings. The van der Waals surface area contributed by atoms with Crippen molar-refractivity contribution >= 4 is 11.8 Å². The van der Waals surface area contributed by atoms with Gasteiger partial charge in [0.05, 0.1) is 0 Å². The summed E-state index contributed by atoms with van der Waals surface area (Å²) >= 11 is 0. The van der Waals surface area contributed by atoms with Gasteiger partial charge in [0.15, 0.2) is 0 Å². The first-order valence-corrected chi connectivity index (χ1v) is 4.39. The van der Waals surface area contributed by atoms with Gasteiger partial charge in [0.25, 0.3) is 5.91 Å². The molecule has 1 rings (SSSR count). The van der Waals surface area contributed by atoms with Crippen LogP contribution < -0.4 is 0 Å². The summed E-state index contributed by atoms with van der Waals surface area (Å²) in [5, 5.41) is 0. The Bertz CT molecular complexity index is 266. The molecule has 1 aliphatic rings. The van der Waals surface area contributed by atoms with Crippen molar-refractivity contribution < 1.29 is 9.59 Å². The van der Waals surface area contributed by atoms with Crippen molar-refractivity contribution in [1.29, 1.82) is 0 Å². The lowest BCUT2D eigenvalue weighted by Crippen LogP contribution is -2.30. The van der Waals surface area contributed by atoms with Gasteiger partial charge in [-0.1, -0.05) is 18.2 Å². The van der Waals surface area contributed by atoms with Crippen molar-refractivity contribution in [3.63, 3.8) is 0 Å². The molecule has 1 saturated heterocycles. The third-order valence-corrected chi connectivity index (χ3v) is 1.88. The van der Waals surface area contributed by atoms with E-state index in [9.17, 15) is 9.59 Å². The predicted octanol–water partition coefficient (Wildman–Crippen LogP) is 1.27. The standard InChI is InChI=1S/C10H13NO2/c1-2-3-4-6-9(12)11-8-5-7-10(11)13/h2-4,6H,5,7-8H2,1H3/b3-2+,6-4+. The number of allylic oxidation sites excluding steroid dienone is 3. The Hall–Kier alpha value is -1.38. The van der Waals surface area contributed by atoms with Crippen molar-refractivity contribution in [1.82, 2.24) is 4.90 Å². The topological polar surface area (TPSA) is 37.4 Å². The molecule has 1 aliphatic heterocycles. The summed E-state index contributed by atoms with van der Waals surface area (Å²) in [6.07, 6.45) is 7.95. The molecule has 1 heterocycles. The van der Waals surface area contributed by atoms with E-state index in [4.69, 9.17) is 0 Å². The molecule has 13 heavy (non-hydrogen) atoms. The number of likely N-dealkylation sites (tertiary alicyclic amines) is 1. The molecule has 0 aromatic heterocycles. The van der Waals surface area contributed by atoms with Crippen molar-refractivity contribution in [3.05, 3.63) is 24.3 Å². The third kappa shape index (κ3) is 2.54. The van der Waals surface area contributed by atoms with E-state index in [1.165, 1.54) is 11.0 Å². The van der Waals surface area contributed by atoms with Crippen LogP contribution in [0.3, 0.4) is 0 Å².